The van der Waals surface area contributed by atoms with Gasteiger partial charge in [0.05, 0.1) is 39.6 Å². The number of aromatic nitrogens is 3. The van der Waals surface area contributed by atoms with Crippen LogP contribution in [0, 0.1) is 0 Å². The Morgan fingerprint density at radius 1 is 0.444 bits per heavy atom. The lowest BCUT2D eigenvalue weighted by molar-refractivity contribution is 1.14. The first-order chi connectivity index (χ1) is 22.3. The summed E-state index contributed by atoms with van der Waals surface area (Å²) in [4.78, 5) is 4.87. The molecule has 10 aromatic rings. The molecule has 4 aromatic heterocycles. The molecule has 210 valence electrons. The fourth-order valence-corrected chi connectivity index (χ4v) is 8.43. The van der Waals surface area contributed by atoms with Crippen LogP contribution >= 0.6 is 11.3 Å². The Labute approximate surface area is 262 Å². The number of benzene rings is 6. The highest BCUT2D eigenvalue weighted by atomic mass is 32.1. The van der Waals surface area contributed by atoms with Crippen molar-refractivity contribution < 1.29 is 0 Å². The molecule has 0 radical (unpaired) electrons. The Morgan fingerprint density at radius 2 is 1.07 bits per heavy atom. The van der Waals surface area contributed by atoms with Crippen molar-refractivity contribution in [1.82, 2.24) is 14.1 Å². The third-order valence-corrected chi connectivity index (χ3v) is 10.4. The SMILES string of the molecule is c1ccc(-c2ccc(-n3c4ccccc4c4c5sc6ccc(-n7c8ccccc8c8ccccc87)cc6c5ccc43)cn2)cc1. The molecular weight excluding hydrogens is 567 g/mol. The monoisotopic (exact) mass is 591 g/mol. The summed E-state index contributed by atoms with van der Waals surface area (Å²) in [7, 11) is 0. The molecule has 4 heterocycles. The molecule has 0 aliphatic heterocycles. The van der Waals surface area contributed by atoms with Gasteiger partial charge in [-0.1, -0.05) is 91.0 Å². The Morgan fingerprint density at radius 3 is 1.78 bits per heavy atom. The van der Waals surface area contributed by atoms with Crippen LogP contribution in [-0.2, 0) is 0 Å². The predicted molar refractivity (Wildman–Crippen MR) is 191 cm³/mol. The maximum absolute atomic E-state index is 4.87. The number of hydrogen-bond donors (Lipinski definition) is 0. The molecule has 0 spiro atoms. The Hall–Kier alpha value is -5.71. The second-order valence-corrected chi connectivity index (χ2v) is 12.7. The summed E-state index contributed by atoms with van der Waals surface area (Å²) >= 11 is 1.89. The summed E-state index contributed by atoms with van der Waals surface area (Å²) in [6.45, 7) is 0. The molecule has 0 aliphatic carbocycles. The molecule has 0 saturated heterocycles. The quantitative estimate of drug-likeness (QED) is 0.200. The van der Waals surface area contributed by atoms with E-state index in [2.05, 4.69) is 149 Å². The summed E-state index contributed by atoms with van der Waals surface area (Å²) in [6, 6.07) is 52.4. The standard InChI is InChI=1S/C41H25N3S/c1-2-10-26(11-3-1)34-21-18-28(25-42-34)44-37-17-9-6-14-32(37)40-38(44)22-20-31-33-24-27(19-23-39(33)45-41(31)40)43-35-15-7-4-12-29(35)30-13-5-8-16-36(30)43/h1-25H. The van der Waals surface area contributed by atoms with Gasteiger partial charge in [0, 0.05) is 53.0 Å². The molecule has 0 aliphatic rings. The van der Waals surface area contributed by atoms with Crippen molar-refractivity contribution in [2.45, 2.75) is 0 Å². The highest BCUT2D eigenvalue weighted by Crippen LogP contribution is 2.44. The van der Waals surface area contributed by atoms with Gasteiger partial charge in [0.2, 0.25) is 0 Å². The van der Waals surface area contributed by atoms with Crippen molar-refractivity contribution >= 4 is 75.1 Å². The summed E-state index contributed by atoms with van der Waals surface area (Å²) in [5, 5.41) is 7.72. The van der Waals surface area contributed by atoms with Crippen molar-refractivity contribution in [3.05, 3.63) is 152 Å². The third kappa shape index (κ3) is 3.54. The Bertz CT molecular complexity index is 2690. The van der Waals surface area contributed by atoms with E-state index < -0.39 is 0 Å². The molecule has 6 aromatic carbocycles. The zero-order valence-corrected chi connectivity index (χ0v) is 25.0. The molecule has 0 N–H and O–H groups in total. The van der Waals surface area contributed by atoms with Gasteiger partial charge < -0.3 is 9.13 Å². The van der Waals surface area contributed by atoms with Crippen molar-refractivity contribution in [3.63, 3.8) is 0 Å². The second-order valence-electron chi connectivity index (χ2n) is 11.6. The highest BCUT2D eigenvalue weighted by molar-refractivity contribution is 7.26. The van der Waals surface area contributed by atoms with E-state index in [9.17, 15) is 0 Å². The van der Waals surface area contributed by atoms with Gasteiger partial charge in [0.1, 0.15) is 0 Å². The lowest BCUT2D eigenvalue weighted by atomic mass is 10.1. The lowest BCUT2D eigenvalue weighted by Crippen LogP contribution is -1.95. The molecular formula is C41H25N3S. The van der Waals surface area contributed by atoms with Crippen LogP contribution in [0.1, 0.15) is 0 Å². The fourth-order valence-electron chi connectivity index (χ4n) is 7.19. The van der Waals surface area contributed by atoms with Crippen molar-refractivity contribution in [2.75, 3.05) is 0 Å². The first-order valence-electron chi connectivity index (χ1n) is 15.2. The average Bonchev–Trinajstić information content (AvgIpc) is 3.76. The third-order valence-electron chi connectivity index (χ3n) is 9.17. The summed E-state index contributed by atoms with van der Waals surface area (Å²) in [5.41, 5.74) is 9.21. The molecule has 0 fully saturated rings. The number of fused-ring (bicyclic) bond motifs is 10. The Balaban J connectivity index is 1.20. The van der Waals surface area contributed by atoms with E-state index in [1.165, 1.54) is 69.5 Å². The molecule has 0 unspecified atom stereocenters. The molecule has 0 amide bonds. The van der Waals surface area contributed by atoms with Crippen molar-refractivity contribution in [2.24, 2.45) is 0 Å². The zero-order valence-electron chi connectivity index (χ0n) is 24.2. The van der Waals surface area contributed by atoms with Gasteiger partial charge in [-0.15, -0.1) is 11.3 Å². The average molecular weight is 592 g/mol. The van der Waals surface area contributed by atoms with E-state index in [1.807, 2.05) is 23.6 Å². The summed E-state index contributed by atoms with van der Waals surface area (Å²) in [5.74, 6) is 0. The van der Waals surface area contributed by atoms with Gasteiger partial charge in [-0.2, -0.15) is 0 Å². The van der Waals surface area contributed by atoms with Crippen LogP contribution in [0.5, 0.6) is 0 Å². The normalized spacial score (nSPS) is 12.0. The smallest absolute Gasteiger partial charge is 0.0703 e. The van der Waals surface area contributed by atoms with Gasteiger partial charge in [-0.25, -0.2) is 0 Å². The highest BCUT2D eigenvalue weighted by Gasteiger charge is 2.19. The molecule has 4 heteroatoms. The minimum Gasteiger partial charge on any atom is -0.309 e. The minimum atomic E-state index is 0.978. The molecule has 3 nitrogen and oxygen atoms in total. The molecule has 0 atom stereocenters. The number of nitrogens with zero attached hydrogens (tertiary/aromatic N) is 3. The Kier molecular flexibility index (Phi) is 5.16. The maximum atomic E-state index is 4.87. The molecule has 10 rings (SSSR count). The molecule has 0 bridgehead atoms. The summed E-state index contributed by atoms with van der Waals surface area (Å²) in [6.07, 6.45) is 2.00. The van der Waals surface area contributed by atoms with Gasteiger partial charge >= 0.3 is 0 Å². The number of pyridine rings is 1. The van der Waals surface area contributed by atoms with Gasteiger partial charge in [0.15, 0.2) is 0 Å². The number of hydrogen-bond acceptors (Lipinski definition) is 2. The molecule has 45 heavy (non-hydrogen) atoms. The van der Waals surface area contributed by atoms with Crippen molar-refractivity contribution in [1.29, 1.82) is 0 Å². The first kappa shape index (κ1) is 24.7. The van der Waals surface area contributed by atoms with E-state index in [0.717, 1.165) is 16.9 Å². The fraction of sp³-hybridized carbons (Fsp3) is 0. The van der Waals surface area contributed by atoms with Crippen LogP contribution in [0.3, 0.4) is 0 Å². The molecule has 0 saturated carbocycles. The second kappa shape index (κ2) is 9.39. The van der Waals surface area contributed by atoms with Crippen LogP contribution in [0.25, 0.3) is 86.4 Å². The van der Waals surface area contributed by atoms with E-state index in [1.54, 1.807) is 0 Å². The number of para-hydroxylation sites is 3. The topological polar surface area (TPSA) is 22.8 Å². The van der Waals surface area contributed by atoms with E-state index in [4.69, 9.17) is 4.98 Å². The minimum absolute atomic E-state index is 0.978. The predicted octanol–water partition coefficient (Wildman–Crippen LogP) is 11.3. The van der Waals surface area contributed by atoms with Crippen LogP contribution in [0.15, 0.2) is 152 Å². The number of thiophene rings is 1. The summed E-state index contributed by atoms with van der Waals surface area (Å²) < 4.78 is 7.39. The maximum Gasteiger partial charge on any atom is 0.0703 e. The zero-order chi connectivity index (χ0) is 29.5. The van der Waals surface area contributed by atoms with Crippen LogP contribution in [0.2, 0.25) is 0 Å². The van der Waals surface area contributed by atoms with Crippen LogP contribution in [0.4, 0.5) is 0 Å². The van der Waals surface area contributed by atoms with Crippen LogP contribution in [-0.4, -0.2) is 14.1 Å². The van der Waals surface area contributed by atoms with Gasteiger partial charge in [0.25, 0.3) is 0 Å². The van der Waals surface area contributed by atoms with Gasteiger partial charge in [-0.3, -0.25) is 4.98 Å². The largest absolute Gasteiger partial charge is 0.309 e. The van der Waals surface area contributed by atoms with E-state index >= 15 is 0 Å². The lowest BCUT2D eigenvalue weighted by Gasteiger charge is -2.09. The van der Waals surface area contributed by atoms with E-state index in [0.29, 0.717) is 0 Å². The first-order valence-corrected chi connectivity index (χ1v) is 16.0. The number of rotatable bonds is 3. The van der Waals surface area contributed by atoms with E-state index in [-0.39, 0.29) is 0 Å². The van der Waals surface area contributed by atoms with Crippen molar-refractivity contribution in [3.8, 4) is 22.6 Å². The van der Waals surface area contributed by atoms with Gasteiger partial charge in [-0.05, 0) is 54.6 Å². The van der Waals surface area contributed by atoms with Crippen LogP contribution < -0.4 is 0 Å².